The number of rotatable bonds is 4. The van der Waals surface area contributed by atoms with Gasteiger partial charge in [0.1, 0.15) is 5.75 Å². The average molecular weight is 207 g/mol. The van der Waals surface area contributed by atoms with Crippen molar-refractivity contribution in [1.82, 2.24) is 0 Å². The molecule has 3 heteroatoms. The van der Waals surface area contributed by atoms with Gasteiger partial charge in [0.2, 0.25) is 5.91 Å². The fourth-order valence-electron chi connectivity index (χ4n) is 1.22. The van der Waals surface area contributed by atoms with Crippen LogP contribution in [-0.2, 0) is 0 Å². The minimum atomic E-state index is -0.414. The van der Waals surface area contributed by atoms with Crippen LogP contribution in [-0.4, -0.2) is 12.5 Å². The molecule has 0 heterocycles. The zero-order valence-electron chi connectivity index (χ0n) is 9.41. The predicted octanol–water partition coefficient (Wildman–Crippen LogP) is 2.13. The minimum Gasteiger partial charge on any atom is -0.493 e. The second-order valence-electron chi connectivity index (χ2n) is 4.05. The third kappa shape index (κ3) is 3.27. The van der Waals surface area contributed by atoms with E-state index in [4.69, 9.17) is 10.5 Å². The Kier molecular flexibility index (Phi) is 3.72. The molecule has 15 heavy (non-hydrogen) atoms. The summed E-state index contributed by atoms with van der Waals surface area (Å²) in [5.74, 6) is 0.744. The Balaban J connectivity index is 2.83. The number of carbonyl (C=O) groups is 1. The highest BCUT2D eigenvalue weighted by molar-refractivity contribution is 5.94. The van der Waals surface area contributed by atoms with Crippen molar-refractivity contribution in [2.24, 2.45) is 11.7 Å². The van der Waals surface area contributed by atoms with Crippen molar-refractivity contribution in [3.05, 3.63) is 29.3 Å². The summed E-state index contributed by atoms with van der Waals surface area (Å²) < 4.78 is 5.51. The van der Waals surface area contributed by atoms with Crippen molar-refractivity contribution in [2.45, 2.75) is 20.8 Å². The molecule has 0 saturated heterocycles. The Bertz CT molecular complexity index is 359. The van der Waals surface area contributed by atoms with Gasteiger partial charge in [0.25, 0.3) is 0 Å². The van der Waals surface area contributed by atoms with Crippen LogP contribution >= 0.6 is 0 Å². The smallest absolute Gasteiger partial charge is 0.249 e. The summed E-state index contributed by atoms with van der Waals surface area (Å²) in [5, 5.41) is 0. The van der Waals surface area contributed by atoms with Gasteiger partial charge in [0.15, 0.2) is 0 Å². The summed E-state index contributed by atoms with van der Waals surface area (Å²) >= 11 is 0. The normalized spacial score (nSPS) is 10.4. The van der Waals surface area contributed by atoms with Gasteiger partial charge in [-0.3, -0.25) is 4.79 Å². The van der Waals surface area contributed by atoms with E-state index in [-0.39, 0.29) is 0 Å². The van der Waals surface area contributed by atoms with Gasteiger partial charge in [-0.15, -0.1) is 0 Å². The molecule has 1 rings (SSSR count). The maximum Gasteiger partial charge on any atom is 0.249 e. The van der Waals surface area contributed by atoms with E-state index in [1.54, 1.807) is 6.07 Å². The number of hydrogen-bond donors (Lipinski definition) is 1. The van der Waals surface area contributed by atoms with E-state index in [0.29, 0.717) is 23.8 Å². The summed E-state index contributed by atoms with van der Waals surface area (Å²) in [7, 11) is 0. The number of nitrogens with two attached hydrogens (primary N) is 1. The van der Waals surface area contributed by atoms with E-state index < -0.39 is 5.91 Å². The average Bonchev–Trinajstić information content (AvgIpc) is 2.16. The second-order valence-corrected chi connectivity index (χ2v) is 4.05. The topological polar surface area (TPSA) is 52.3 Å². The van der Waals surface area contributed by atoms with Gasteiger partial charge in [-0.25, -0.2) is 0 Å². The first kappa shape index (κ1) is 11.6. The van der Waals surface area contributed by atoms with Crippen molar-refractivity contribution in [3.63, 3.8) is 0 Å². The highest BCUT2D eigenvalue weighted by atomic mass is 16.5. The van der Waals surface area contributed by atoms with Crippen LogP contribution in [0.1, 0.15) is 29.8 Å². The molecule has 0 bridgehead atoms. The summed E-state index contributed by atoms with van der Waals surface area (Å²) in [6.07, 6.45) is 0. The minimum absolute atomic E-state index is 0.414. The van der Waals surface area contributed by atoms with Crippen molar-refractivity contribution in [3.8, 4) is 5.75 Å². The second kappa shape index (κ2) is 4.82. The number of benzene rings is 1. The SMILES string of the molecule is Cc1ccc(OCC(C)C)cc1C(N)=O. The van der Waals surface area contributed by atoms with Gasteiger partial charge in [-0.1, -0.05) is 19.9 Å². The molecule has 0 atom stereocenters. The number of ether oxygens (including phenoxy) is 1. The van der Waals surface area contributed by atoms with E-state index >= 15 is 0 Å². The number of carbonyl (C=O) groups excluding carboxylic acids is 1. The molecule has 0 aromatic heterocycles. The van der Waals surface area contributed by atoms with Crippen molar-refractivity contribution >= 4 is 5.91 Å². The molecule has 2 N–H and O–H groups in total. The molecular formula is C12H17NO2. The van der Waals surface area contributed by atoms with Gasteiger partial charge in [-0.05, 0) is 30.5 Å². The van der Waals surface area contributed by atoms with E-state index in [2.05, 4.69) is 13.8 Å². The van der Waals surface area contributed by atoms with Crippen LogP contribution in [0.15, 0.2) is 18.2 Å². The third-order valence-electron chi connectivity index (χ3n) is 2.06. The standard InChI is InChI=1S/C12H17NO2/c1-8(2)7-15-10-5-4-9(3)11(6-10)12(13)14/h4-6,8H,7H2,1-3H3,(H2,13,14). The molecule has 82 valence electrons. The molecule has 1 aromatic rings. The zero-order chi connectivity index (χ0) is 11.4. The third-order valence-corrected chi connectivity index (χ3v) is 2.06. The van der Waals surface area contributed by atoms with E-state index in [9.17, 15) is 4.79 Å². The fourth-order valence-corrected chi connectivity index (χ4v) is 1.22. The van der Waals surface area contributed by atoms with Crippen LogP contribution in [0.2, 0.25) is 0 Å². The van der Waals surface area contributed by atoms with Crippen molar-refractivity contribution < 1.29 is 9.53 Å². The lowest BCUT2D eigenvalue weighted by atomic mass is 10.1. The quantitative estimate of drug-likeness (QED) is 0.822. The lowest BCUT2D eigenvalue weighted by Gasteiger charge is -2.10. The maximum absolute atomic E-state index is 11.1. The molecule has 0 spiro atoms. The van der Waals surface area contributed by atoms with E-state index in [1.165, 1.54) is 0 Å². The molecule has 0 fully saturated rings. The maximum atomic E-state index is 11.1. The highest BCUT2D eigenvalue weighted by Crippen LogP contribution is 2.17. The predicted molar refractivity (Wildman–Crippen MR) is 60.0 cm³/mol. The Labute approximate surface area is 90.2 Å². The molecular weight excluding hydrogens is 190 g/mol. The summed E-state index contributed by atoms with van der Waals surface area (Å²) in [5.41, 5.74) is 6.64. The molecule has 0 unspecified atom stereocenters. The van der Waals surface area contributed by atoms with Gasteiger partial charge < -0.3 is 10.5 Å². The van der Waals surface area contributed by atoms with Crippen LogP contribution in [0.25, 0.3) is 0 Å². The highest BCUT2D eigenvalue weighted by Gasteiger charge is 2.06. The molecule has 0 aliphatic carbocycles. The van der Waals surface area contributed by atoms with Crippen molar-refractivity contribution in [2.75, 3.05) is 6.61 Å². The van der Waals surface area contributed by atoms with Crippen LogP contribution in [0.3, 0.4) is 0 Å². The van der Waals surface area contributed by atoms with Crippen LogP contribution < -0.4 is 10.5 Å². The lowest BCUT2D eigenvalue weighted by Crippen LogP contribution is -2.13. The molecule has 1 amide bonds. The summed E-state index contributed by atoms with van der Waals surface area (Å²) in [6, 6.07) is 5.39. The summed E-state index contributed by atoms with van der Waals surface area (Å²) in [4.78, 5) is 11.1. The largest absolute Gasteiger partial charge is 0.493 e. The molecule has 0 saturated carbocycles. The van der Waals surface area contributed by atoms with Gasteiger partial charge >= 0.3 is 0 Å². The molecule has 1 aromatic carbocycles. The number of hydrogen-bond acceptors (Lipinski definition) is 2. The monoisotopic (exact) mass is 207 g/mol. The first-order chi connectivity index (χ1) is 7.00. The Morgan fingerprint density at radius 1 is 1.47 bits per heavy atom. The Morgan fingerprint density at radius 3 is 2.67 bits per heavy atom. The fraction of sp³-hybridized carbons (Fsp3) is 0.417. The first-order valence-electron chi connectivity index (χ1n) is 5.04. The number of primary amides is 1. The molecule has 3 nitrogen and oxygen atoms in total. The van der Waals surface area contributed by atoms with Crippen molar-refractivity contribution in [1.29, 1.82) is 0 Å². The molecule has 0 aliphatic heterocycles. The summed E-state index contributed by atoms with van der Waals surface area (Å²) in [6.45, 7) is 6.64. The Hall–Kier alpha value is -1.51. The lowest BCUT2D eigenvalue weighted by molar-refractivity contribution is 0.0999. The number of aryl methyl sites for hydroxylation is 1. The molecule has 0 aliphatic rings. The van der Waals surface area contributed by atoms with Crippen LogP contribution in [0, 0.1) is 12.8 Å². The first-order valence-corrected chi connectivity index (χ1v) is 5.04. The number of amides is 1. The van der Waals surface area contributed by atoms with Gasteiger partial charge in [0, 0.05) is 5.56 Å². The van der Waals surface area contributed by atoms with E-state index in [0.717, 1.165) is 5.56 Å². The van der Waals surface area contributed by atoms with Crippen LogP contribution in [0.5, 0.6) is 5.75 Å². The van der Waals surface area contributed by atoms with E-state index in [1.807, 2.05) is 19.1 Å². The Morgan fingerprint density at radius 2 is 2.13 bits per heavy atom. The van der Waals surface area contributed by atoms with Gasteiger partial charge in [-0.2, -0.15) is 0 Å². The molecule has 0 radical (unpaired) electrons. The van der Waals surface area contributed by atoms with Gasteiger partial charge in [0.05, 0.1) is 6.61 Å². The van der Waals surface area contributed by atoms with Crippen LogP contribution in [0.4, 0.5) is 0 Å². The zero-order valence-corrected chi connectivity index (χ0v) is 9.41.